The Morgan fingerprint density at radius 3 is 2.76 bits per heavy atom. The Kier molecular flexibility index (Phi) is 5.99. The highest BCUT2D eigenvalue weighted by Crippen LogP contribution is 2.36. The largest absolute Gasteiger partial charge is 0.345 e. The van der Waals surface area contributed by atoms with E-state index in [4.69, 9.17) is 0 Å². The Balaban J connectivity index is 1.55. The molecule has 0 aliphatic carbocycles. The highest BCUT2D eigenvalue weighted by Gasteiger charge is 2.31. The molecule has 0 bridgehead atoms. The van der Waals surface area contributed by atoms with Crippen molar-refractivity contribution in [2.24, 2.45) is 0 Å². The van der Waals surface area contributed by atoms with E-state index in [1.807, 2.05) is 25.1 Å². The van der Waals surface area contributed by atoms with Crippen LogP contribution in [0.15, 0.2) is 58.3 Å². The van der Waals surface area contributed by atoms with E-state index in [1.54, 1.807) is 34.3 Å². The lowest BCUT2D eigenvalue weighted by Crippen LogP contribution is -2.42. The second-order valence-electron chi connectivity index (χ2n) is 7.69. The first-order chi connectivity index (χ1) is 14.0. The summed E-state index contributed by atoms with van der Waals surface area (Å²) in [5.41, 5.74) is 1.51. The molecule has 5 nitrogen and oxygen atoms in total. The fourth-order valence-corrected chi connectivity index (χ4v) is 6.97. The molecule has 1 fully saturated rings. The van der Waals surface area contributed by atoms with Crippen LogP contribution in [-0.2, 0) is 10.0 Å². The Hall–Kier alpha value is -1.83. The van der Waals surface area contributed by atoms with Crippen LogP contribution in [0.25, 0.3) is 0 Å². The maximum absolute atomic E-state index is 13.1. The molecule has 0 unspecified atom stereocenters. The molecule has 1 amide bonds. The van der Waals surface area contributed by atoms with Crippen molar-refractivity contribution in [1.82, 2.24) is 9.62 Å². The third-order valence-electron chi connectivity index (χ3n) is 5.71. The van der Waals surface area contributed by atoms with Crippen molar-refractivity contribution in [2.75, 3.05) is 12.3 Å². The number of piperidine rings is 1. The predicted molar refractivity (Wildman–Crippen MR) is 116 cm³/mol. The van der Waals surface area contributed by atoms with E-state index in [0.29, 0.717) is 12.1 Å². The molecule has 4 rings (SSSR count). The molecule has 2 aromatic rings. The minimum absolute atomic E-state index is 0.0116. The van der Waals surface area contributed by atoms with Crippen molar-refractivity contribution in [2.45, 2.75) is 54.5 Å². The van der Waals surface area contributed by atoms with Gasteiger partial charge in [0.25, 0.3) is 5.91 Å². The molecule has 2 aliphatic heterocycles. The average Bonchev–Trinajstić information content (AvgIpc) is 2.74. The molecular formula is C22H26N2O3S2. The van der Waals surface area contributed by atoms with Crippen LogP contribution in [0.3, 0.4) is 0 Å². The zero-order valence-corrected chi connectivity index (χ0v) is 18.1. The molecule has 2 aromatic carbocycles. The van der Waals surface area contributed by atoms with E-state index in [0.717, 1.165) is 37.0 Å². The molecule has 29 heavy (non-hydrogen) atoms. The molecule has 2 aliphatic rings. The number of benzene rings is 2. The topological polar surface area (TPSA) is 66.5 Å². The quantitative estimate of drug-likeness (QED) is 0.789. The van der Waals surface area contributed by atoms with Crippen LogP contribution in [0.2, 0.25) is 0 Å². The molecule has 2 heterocycles. The molecule has 2 atom stereocenters. The molecule has 1 saturated heterocycles. The highest BCUT2D eigenvalue weighted by molar-refractivity contribution is 7.99. The summed E-state index contributed by atoms with van der Waals surface area (Å²) in [5, 5.41) is 3.10. The van der Waals surface area contributed by atoms with Crippen LogP contribution in [0.5, 0.6) is 0 Å². The maximum atomic E-state index is 13.1. The fraction of sp³-hybridized carbons (Fsp3) is 0.409. The molecule has 0 aromatic heterocycles. The van der Waals surface area contributed by atoms with Crippen LogP contribution in [0, 0.1) is 0 Å². The number of sulfonamides is 1. The average molecular weight is 431 g/mol. The van der Waals surface area contributed by atoms with E-state index in [1.165, 1.54) is 11.0 Å². The van der Waals surface area contributed by atoms with E-state index in [9.17, 15) is 13.2 Å². The number of fused-ring (bicyclic) bond motifs is 1. The molecule has 0 radical (unpaired) electrons. The van der Waals surface area contributed by atoms with Gasteiger partial charge in [0, 0.05) is 28.8 Å². The molecule has 0 saturated carbocycles. The van der Waals surface area contributed by atoms with E-state index >= 15 is 0 Å². The summed E-state index contributed by atoms with van der Waals surface area (Å²) in [7, 11) is -3.60. The maximum Gasteiger partial charge on any atom is 0.251 e. The van der Waals surface area contributed by atoms with Crippen molar-refractivity contribution in [3.05, 3.63) is 59.7 Å². The number of amides is 1. The van der Waals surface area contributed by atoms with Gasteiger partial charge in [0.2, 0.25) is 10.0 Å². The Labute approximate surface area is 176 Å². The van der Waals surface area contributed by atoms with Crippen molar-refractivity contribution < 1.29 is 13.2 Å². The summed E-state index contributed by atoms with van der Waals surface area (Å²) in [5.74, 6) is 0.712. The van der Waals surface area contributed by atoms with Gasteiger partial charge in [-0.3, -0.25) is 4.79 Å². The Bertz CT molecular complexity index is 1010. The molecule has 7 heteroatoms. The third-order valence-corrected chi connectivity index (χ3v) is 8.84. The smallest absolute Gasteiger partial charge is 0.251 e. The van der Waals surface area contributed by atoms with E-state index in [-0.39, 0.29) is 22.9 Å². The van der Waals surface area contributed by atoms with Gasteiger partial charge in [-0.15, -0.1) is 11.8 Å². The van der Waals surface area contributed by atoms with Gasteiger partial charge < -0.3 is 5.32 Å². The zero-order chi connectivity index (χ0) is 20.4. The van der Waals surface area contributed by atoms with Gasteiger partial charge in [0.1, 0.15) is 0 Å². The number of hydrogen-bond donors (Lipinski definition) is 1. The number of rotatable bonds is 4. The number of nitrogens with one attached hydrogen (secondary N) is 1. The normalized spacial score (nSPS) is 22.7. The van der Waals surface area contributed by atoms with Crippen LogP contribution >= 0.6 is 11.8 Å². The van der Waals surface area contributed by atoms with E-state index < -0.39 is 10.0 Å². The van der Waals surface area contributed by atoms with Gasteiger partial charge in [0.15, 0.2) is 0 Å². The van der Waals surface area contributed by atoms with Crippen LogP contribution < -0.4 is 5.32 Å². The van der Waals surface area contributed by atoms with E-state index in [2.05, 4.69) is 11.4 Å². The summed E-state index contributed by atoms with van der Waals surface area (Å²) in [6, 6.07) is 14.5. The zero-order valence-electron chi connectivity index (χ0n) is 16.5. The highest BCUT2D eigenvalue weighted by atomic mass is 32.2. The van der Waals surface area contributed by atoms with Crippen LogP contribution in [0.4, 0.5) is 0 Å². The van der Waals surface area contributed by atoms with Gasteiger partial charge >= 0.3 is 0 Å². The van der Waals surface area contributed by atoms with Crippen molar-refractivity contribution in [1.29, 1.82) is 0 Å². The SMILES string of the molecule is C[C@@H]1CCCCN1S(=O)(=O)c1cccc(C(=O)N[C@H]2CCSc3ccccc32)c1. The lowest BCUT2D eigenvalue weighted by molar-refractivity contribution is 0.0934. The first-order valence-corrected chi connectivity index (χ1v) is 12.5. The monoisotopic (exact) mass is 430 g/mol. The number of carbonyl (C=O) groups excluding carboxylic acids is 1. The van der Waals surface area contributed by atoms with Crippen LogP contribution in [-0.4, -0.2) is 37.0 Å². The molecule has 154 valence electrons. The summed E-state index contributed by atoms with van der Waals surface area (Å²) in [6.07, 6.45) is 3.66. The lowest BCUT2D eigenvalue weighted by atomic mass is 10.0. The summed E-state index contributed by atoms with van der Waals surface area (Å²) in [4.78, 5) is 14.3. The third kappa shape index (κ3) is 4.22. The van der Waals surface area contributed by atoms with Gasteiger partial charge in [0.05, 0.1) is 10.9 Å². The Morgan fingerprint density at radius 1 is 1.10 bits per heavy atom. The van der Waals surface area contributed by atoms with Crippen molar-refractivity contribution in [3.63, 3.8) is 0 Å². The van der Waals surface area contributed by atoms with Gasteiger partial charge in [-0.25, -0.2) is 8.42 Å². The number of thioether (sulfide) groups is 1. The lowest BCUT2D eigenvalue weighted by Gasteiger charge is -2.32. The molecular weight excluding hydrogens is 404 g/mol. The van der Waals surface area contributed by atoms with Crippen LogP contribution in [0.1, 0.15) is 54.6 Å². The number of nitrogens with zero attached hydrogens (tertiary/aromatic N) is 1. The minimum Gasteiger partial charge on any atom is -0.345 e. The summed E-state index contributed by atoms with van der Waals surface area (Å²) < 4.78 is 27.8. The summed E-state index contributed by atoms with van der Waals surface area (Å²) >= 11 is 1.80. The number of hydrogen-bond acceptors (Lipinski definition) is 4. The standard InChI is InChI=1S/C22H26N2O3S2/c1-16-7-4-5-13-24(16)29(26,27)18-9-6-8-17(15-18)22(25)23-20-12-14-28-21-11-3-2-10-19(20)21/h2-3,6,8-11,15-16,20H,4-5,7,12-14H2,1H3,(H,23,25)/t16-,20+/m1/s1. The number of carbonyl (C=O) groups is 1. The summed E-state index contributed by atoms with van der Waals surface area (Å²) in [6.45, 7) is 2.49. The minimum atomic E-state index is -3.60. The fourth-order valence-electron chi connectivity index (χ4n) is 4.10. The van der Waals surface area contributed by atoms with Gasteiger partial charge in [-0.2, -0.15) is 4.31 Å². The first kappa shape index (κ1) is 20.4. The van der Waals surface area contributed by atoms with Crippen molar-refractivity contribution in [3.8, 4) is 0 Å². The van der Waals surface area contributed by atoms with Gasteiger partial charge in [-0.05, 0) is 56.0 Å². The first-order valence-electron chi connectivity index (χ1n) is 10.1. The van der Waals surface area contributed by atoms with Gasteiger partial charge in [-0.1, -0.05) is 30.7 Å². The molecule has 0 spiro atoms. The Morgan fingerprint density at radius 2 is 1.93 bits per heavy atom. The second kappa shape index (κ2) is 8.50. The second-order valence-corrected chi connectivity index (χ2v) is 10.7. The van der Waals surface area contributed by atoms with Crippen molar-refractivity contribution >= 4 is 27.7 Å². The predicted octanol–water partition coefficient (Wildman–Crippen LogP) is 4.22. The molecule has 1 N–H and O–H groups in total.